The highest BCUT2D eigenvalue weighted by Gasteiger charge is 2.25. The number of ether oxygens (including phenoxy) is 1. The van der Waals surface area contributed by atoms with Crippen molar-refractivity contribution in [3.8, 4) is 5.88 Å². The second kappa shape index (κ2) is 10.5. The van der Waals surface area contributed by atoms with Crippen LogP contribution in [0.2, 0.25) is 5.02 Å². The van der Waals surface area contributed by atoms with Crippen molar-refractivity contribution >= 4 is 25.0 Å². The Kier molecular flexibility index (Phi) is 7.42. The number of halogens is 1. The fraction of sp³-hybridized carbons (Fsp3) is 0.190. The van der Waals surface area contributed by atoms with Crippen molar-refractivity contribution in [3.63, 3.8) is 0 Å². The van der Waals surface area contributed by atoms with Crippen LogP contribution in [0.25, 0.3) is 5.57 Å². The second-order valence-electron chi connectivity index (χ2n) is 7.29. The molecule has 0 saturated carbocycles. The molecule has 1 aliphatic rings. The van der Waals surface area contributed by atoms with Gasteiger partial charge in [0.05, 0.1) is 11.4 Å². The summed E-state index contributed by atoms with van der Waals surface area (Å²) < 4.78 is 26.6. The molecule has 4 heterocycles. The summed E-state index contributed by atoms with van der Waals surface area (Å²) in [6.07, 6.45) is 8.02. The molecule has 1 atom stereocenters. The van der Waals surface area contributed by atoms with Crippen molar-refractivity contribution in [3.05, 3.63) is 88.8 Å². The summed E-state index contributed by atoms with van der Waals surface area (Å²) in [6.45, 7) is -0.132. The Morgan fingerprint density at radius 1 is 1.21 bits per heavy atom. The number of rotatable bonds is 9. The topological polar surface area (TPSA) is 157 Å². The van der Waals surface area contributed by atoms with Gasteiger partial charge in [-0.15, -0.1) is 0 Å². The molecule has 4 N–H and O–H groups in total. The van der Waals surface area contributed by atoms with E-state index in [1.165, 1.54) is 4.90 Å². The van der Waals surface area contributed by atoms with Gasteiger partial charge < -0.3 is 29.7 Å². The summed E-state index contributed by atoms with van der Waals surface area (Å²) in [6, 6.07) is 8.80. The van der Waals surface area contributed by atoms with Gasteiger partial charge in [-0.1, -0.05) is 28.9 Å². The first-order valence-electron chi connectivity index (χ1n) is 10.0. The van der Waals surface area contributed by atoms with E-state index in [1.54, 1.807) is 55.0 Å². The number of nitrogens with two attached hydrogens (primary N) is 1. The molecule has 1 unspecified atom stereocenters. The number of nitrogens with zero attached hydrogens (tertiary/aromatic N) is 4. The van der Waals surface area contributed by atoms with Crippen molar-refractivity contribution in [2.24, 2.45) is 5.73 Å². The third-order valence-electron chi connectivity index (χ3n) is 4.78. The van der Waals surface area contributed by atoms with Crippen molar-refractivity contribution in [2.75, 3.05) is 6.73 Å². The highest BCUT2D eigenvalue weighted by Crippen LogP contribution is 2.36. The van der Waals surface area contributed by atoms with E-state index in [4.69, 9.17) is 36.4 Å². The largest absolute Gasteiger partial charge is 0.471 e. The molecule has 0 spiro atoms. The lowest BCUT2D eigenvalue weighted by molar-refractivity contribution is 0.110. The van der Waals surface area contributed by atoms with E-state index in [0.717, 1.165) is 5.56 Å². The first-order valence-corrected chi connectivity index (χ1v) is 11.9. The van der Waals surface area contributed by atoms with E-state index in [9.17, 15) is 4.57 Å². The number of aromatic nitrogens is 3. The van der Waals surface area contributed by atoms with Gasteiger partial charge in [0.15, 0.2) is 5.76 Å². The molecule has 34 heavy (non-hydrogen) atoms. The van der Waals surface area contributed by atoms with E-state index in [1.807, 2.05) is 6.07 Å². The summed E-state index contributed by atoms with van der Waals surface area (Å²) in [5, 5.41) is 4.68. The zero-order chi connectivity index (χ0) is 24.1. The molecule has 1 aliphatic heterocycles. The quantitative estimate of drug-likeness (QED) is 0.367. The lowest BCUT2D eigenvalue weighted by Crippen LogP contribution is -2.41. The fourth-order valence-corrected chi connectivity index (χ4v) is 3.60. The van der Waals surface area contributed by atoms with Gasteiger partial charge in [-0.05, 0) is 23.8 Å². The molecule has 0 bridgehead atoms. The molecule has 0 aliphatic carbocycles. The Bertz CT molecular complexity index is 1240. The van der Waals surface area contributed by atoms with Crippen LogP contribution >= 0.6 is 19.4 Å². The summed E-state index contributed by atoms with van der Waals surface area (Å²) in [5.41, 5.74) is 9.04. The van der Waals surface area contributed by atoms with E-state index in [2.05, 4.69) is 19.6 Å². The minimum atomic E-state index is -4.62. The van der Waals surface area contributed by atoms with E-state index >= 15 is 0 Å². The van der Waals surface area contributed by atoms with Crippen LogP contribution in [-0.2, 0) is 22.1 Å². The van der Waals surface area contributed by atoms with Gasteiger partial charge in [-0.2, -0.15) is 0 Å². The molecule has 0 saturated heterocycles. The molecule has 0 fully saturated rings. The van der Waals surface area contributed by atoms with E-state index < -0.39 is 14.0 Å². The normalized spacial score (nSPS) is 15.9. The van der Waals surface area contributed by atoms with E-state index in [0.29, 0.717) is 40.0 Å². The van der Waals surface area contributed by atoms with E-state index in [-0.39, 0.29) is 13.3 Å². The lowest BCUT2D eigenvalue weighted by Gasteiger charge is -2.30. The average Bonchev–Trinajstić information content (AvgIpc) is 3.25. The number of allylic oxidation sites excluding steroid dienone is 2. The molecular weight excluding hydrogens is 485 g/mol. The summed E-state index contributed by atoms with van der Waals surface area (Å²) in [4.78, 5) is 27.7. The van der Waals surface area contributed by atoms with Crippen LogP contribution in [0.3, 0.4) is 0 Å². The molecule has 0 aromatic carbocycles. The molecule has 0 amide bonds. The molecule has 11 nitrogen and oxygen atoms in total. The van der Waals surface area contributed by atoms with Gasteiger partial charge in [-0.3, -0.25) is 9.51 Å². The minimum absolute atomic E-state index is 0.250. The number of hydrogen-bond donors (Lipinski definition) is 3. The molecule has 3 aromatic rings. The molecule has 0 radical (unpaired) electrons. The Hall–Kier alpha value is -3.05. The van der Waals surface area contributed by atoms with Gasteiger partial charge >= 0.3 is 7.82 Å². The highest BCUT2D eigenvalue weighted by molar-refractivity contribution is 7.46. The number of hydrogen-bond acceptors (Lipinski definition) is 9. The Balaban J connectivity index is 1.35. The van der Waals surface area contributed by atoms with Gasteiger partial charge in [0, 0.05) is 47.7 Å². The maximum atomic E-state index is 11.0. The predicted molar refractivity (Wildman–Crippen MR) is 122 cm³/mol. The molecule has 13 heteroatoms. The SMILES string of the molecule is NC1C(c2cc(Cc3ccc(OCc4cc(Cl)ccn4)nc3)no2)=CC=CN1COP(=O)(O)O. The number of phosphoric acid groups is 1. The lowest BCUT2D eigenvalue weighted by atomic mass is 10.1. The van der Waals surface area contributed by atoms with Gasteiger partial charge in [-0.25, -0.2) is 9.55 Å². The highest BCUT2D eigenvalue weighted by atomic mass is 35.5. The summed E-state index contributed by atoms with van der Waals surface area (Å²) in [5.74, 6) is 0.893. The zero-order valence-corrected chi connectivity index (χ0v) is 19.3. The summed E-state index contributed by atoms with van der Waals surface area (Å²) in [7, 11) is -4.62. The Morgan fingerprint density at radius 2 is 2.06 bits per heavy atom. The standard InChI is InChI=1S/C21H21ClN5O6P/c22-15-5-6-24-17(9-15)12-31-20-4-3-14(11-25-20)8-16-10-19(33-26-16)18-2-1-7-27(21(18)23)13-32-34(28,29)30/h1-7,9-11,21H,8,12-13,23H2,(H2,28,29,30). The van der Waals surface area contributed by atoms with Crippen LogP contribution < -0.4 is 10.5 Å². The van der Waals surface area contributed by atoms with Crippen LogP contribution in [0, 0.1) is 0 Å². The average molecular weight is 506 g/mol. The first-order chi connectivity index (χ1) is 16.3. The van der Waals surface area contributed by atoms with Crippen molar-refractivity contribution in [1.29, 1.82) is 0 Å². The Labute approximate surface area is 199 Å². The molecule has 178 valence electrons. The second-order valence-corrected chi connectivity index (χ2v) is 8.97. The Morgan fingerprint density at radius 3 is 2.79 bits per heavy atom. The van der Waals surface area contributed by atoms with Gasteiger partial charge in [0.1, 0.15) is 19.5 Å². The summed E-state index contributed by atoms with van der Waals surface area (Å²) >= 11 is 5.95. The van der Waals surface area contributed by atoms with Crippen molar-refractivity contribution < 1.29 is 28.1 Å². The van der Waals surface area contributed by atoms with Crippen molar-refractivity contribution in [2.45, 2.75) is 19.2 Å². The molecule has 3 aromatic heterocycles. The number of phosphoric ester groups is 1. The van der Waals surface area contributed by atoms with Crippen LogP contribution in [0.1, 0.15) is 22.7 Å². The zero-order valence-electron chi connectivity index (χ0n) is 17.7. The molecular formula is C21H21ClN5O6P. The maximum absolute atomic E-state index is 11.0. The predicted octanol–water partition coefficient (Wildman–Crippen LogP) is 2.85. The molecule has 4 rings (SSSR count). The fourth-order valence-electron chi connectivity index (χ4n) is 3.14. The maximum Gasteiger partial charge on any atom is 0.471 e. The number of pyridine rings is 2. The smallest absolute Gasteiger partial charge is 0.471 e. The third kappa shape index (κ3) is 6.51. The van der Waals surface area contributed by atoms with Gasteiger partial charge in [0.2, 0.25) is 5.88 Å². The monoisotopic (exact) mass is 505 g/mol. The third-order valence-corrected chi connectivity index (χ3v) is 5.46. The van der Waals surface area contributed by atoms with Crippen LogP contribution in [0.5, 0.6) is 5.88 Å². The van der Waals surface area contributed by atoms with Crippen LogP contribution in [0.15, 0.2) is 65.6 Å². The van der Waals surface area contributed by atoms with Crippen LogP contribution in [0.4, 0.5) is 0 Å². The minimum Gasteiger partial charge on any atom is -0.471 e. The van der Waals surface area contributed by atoms with Crippen molar-refractivity contribution in [1.82, 2.24) is 20.0 Å². The first kappa shape index (κ1) is 24.1. The van der Waals surface area contributed by atoms with Gasteiger partial charge in [0.25, 0.3) is 0 Å². The van der Waals surface area contributed by atoms with Crippen LogP contribution in [-0.4, -0.2) is 42.7 Å².